The van der Waals surface area contributed by atoms with Gasteiger partial charge >= 0.3 is 6.18 Å². The van der Waals surface area contributed by atoms with E-state index in [1.165, 1.54) is 0 Å². The molecule has 0 amide bonds. The first kappa shape index (κ1) is 12.7. The second kappa shape index (κ2) is 4.84. The molecule has 1 aliphatic rings. The summed E-state index contributed by atoms with van der Waals surface area (Å²) in [5.74, 6) is 0.716. The summed E-state index contributed by atoms with van der Waals surface area (Å²) in [5.41, 5.74) is 0. The van der Waals surface area contributed by atoms with Crippen LogP contribution in [0.4, 0.5) is 18.3 Å². The van der Waals surface area contributed by atoms with Gasteiger partial charge in [-0.15, -0.1) is 0 Å². The molecule has 0 saturated carbocycles. The number of thiazole rings is 1. The summed E-state index contributed by atoms with van der Waals surface area (Å²) in [6.07, 6.45) is -0.0715. The van der Waals surface area contributed by atoms with E-state index in [4.69, 9.17) is 0 Å². The van der Waals surface area contributed by atoms with E-state index in [1.54, 1.807) is 0 Å². The van der Waals surface area contributed by atoms with Gasteiger partial charge < -0.3 is 4.90 Å². The van der Waals surface area contributed by atoms with Gasteiger partial charge in [0.1, 0.15) is 4.88 Å². The number of aromatic nitrogens is 1. The Morgan fingerprint density at radius 3 is 2.53 bits per heavy atom. The molecule has 0 bridgehead atoms. The Labute approximate surface area is 102 Å². The number of rotatable bonds is 2. The van der Waals surface area contributed by atoms with Crippen molar-refractivity contribution >= 4 is 16.5 Å². The molecule has 0 spiro atoms. The lowest BCUT2D eigenvalue weighted by Gasteiger charge is -2.31. The quantitative estimate of drug-likeness (QED) is 0.808. The maximum absolute atomic E-state index is 12.4. The fourth-order valence-corrected chi connectivity index (χ4v) is 2.91. The molecule has 0 atom stereocenters. The molecule has 0 radical (unpaired) electrons. The van der Waals surface area contributed by atoms with Crippen LogP contribution in [0.25, 0.3) is 0 Å². The molecule has 1 aromatic heterocycles. The summed E-state index contributed by atoms with van der Waals surface area (Å²) < 4.78 is 37.3. The Morgan fingerprint density at radius 1 is 1.41 bits per heavy atom. The van der Waals surface area contributed by atoms with Gasteiger partial charge in [0, 0.05) is 13.1 Å². The molecule has 1 aromatic rings. The van der Waals surface area contributed by atoms with Crippen LogP contribution < -0.4 is 4.90 Å². The molecule has 0 unspecified atom stereocenters. The van der Waals surface area contributed by atoms with Crippen molar-refractivity contribution in [2.24, 2.45) is 5.92 Å². The molecule has 2 nitrogen and oxygen atoms in total. The molecule has 0 aromatic carbocycles. The SMILES string of the molecule is CCC1CCN(c2ncc(C(F)(F)F)s2)CC1. The van der Waals surface area contributed by atoms with Gasteiger partial charge in [-0.2, -0.15) is 13.2 Å². The molecule has 1 saturated heterocycles. The van der Waals surface area contributed by atoms with Gasteiger partial charge in [0.05, 0.1) is 6.20 Å². The number of anilines is 1. The van der Waals surface area contributed by atoms with Crippen molar-refractivity contribution in [1.82, 2.24) is 4.98 Å². The van der Waals surface area contributed by atoms with E-state index >= 15 is 0 Å². The van der Waals surface area contributed by atoms with Gasteiger partial charge in [-0.05, 0) is 18.8 Å². The first-order valence-corrected chi connectivity index (χ1v) is 6.60. The highest BCUT2D eigenvalue weighted by molar-refractivity contribution is 7.15. The van der Waals surface area contributed by atoms with Crippen LogP contribution in [0.1, 0.15) is 31.1 Å². The number of halogens is 3. The monoisotopic (exact) mass is 264 g/mol. The van der Waals surface area contributed by atoms with Crippen LogP contribution in [-0.2, 0) is 6.18 Å². The van der Waals surface area contributed by atoms with E-state index in [1.807, 2.05) is 4.90 Å². The van der Waals surface area contributed by atoms with Crippen LogP contribution >= 0.6 is 11.3 Å². The zero-order chi connectivity index (χ0) is 12.5. The van der Waals surface area contributed by atoms with Gasteiger partial charge in [-0.3, -0.25) is 0 Å². The summed E-state index contributed by atoms with van der Waals surface area (Å²) in [7, 11) is 0. The van der Waals surface area contributed by atoms with Crippen LogP contribution in [0.2, 0.25) is 0 Å². The first-order valence-electron chi connectivity index (χ1n) is 5.78. The molecule has 0 aliphatic carbocycles. The summed E-state index contributed by atoms with van der Waals surface area (Å²) in [6, 6.07) is 0. The Balaban J connectivity index is 2.02. The summed E-state index contributed by atoms with van der Waals surface area (Å²) in [6.45, 7) is 3.80. The third kappa shape index (κ3) is 2.91. The van der Waals surface area contributed by atoms with E-state index in [0.717, 1.165) is 49.9 Å². The maximum Gasteiger partial charge on any atom is 0.427 e. The molecular formula is C11H15F3N2S. The van der Waals surface area contributed by atoms with E-state index in [-0.39, 0.29) is 0 Å². The van der Waals surface area contributed by atoms with Crippen molar-refractivity contribution in [2.45, 2.75) is 32.4 Å². The molecule has 2 heterocycles. The van der Waals surface area contributed by atoms with Crippen LogP contribution in [0, 0.1) is 5.92 Å². The van der Waals surface area contributed by atoms with Gasteiger partial charge in [0.2, 0.25) is 0 Å². The highest BCUT2D eigenvalue weighted by Crippen LogP contribution is 2.37. The minimum Gasteiger partial charge on any atom is -0.348 e. The molecular weight excluding hydrogens is 249 g/mol. The highest BCUT2D eigenvalue weighted by Gasteiger charge is 2.34. The zero-order valence-corrected chi connectivity index (χ0v) is 10.4. The molecule has 17 heavy (non-hydrogen) atoms. The lowest BCUT2D eigenvalue weighted by atomic mass is 9.95. The Kier molecular flexibility index (Phi) is 3.61. The Hall–Kier alpha value is -0.780. The summed E-state index contributed by atoms with van der Waals surface area (Å²) in [4.78, 5) is 5.24. The van der Waals surface area contributed by atoms with Gasteiger partial charge in [0.15, 0.2) is 5.13 Å². The smallest absolute Gasteiger partial charge is 0.348 e. The van der Waals surface area contributed by atoms with Gasteiger partial charge in [-0.25, -0.2) is 4.98 Å². The fraction of sp³-hybridized carbons (Fsp3) is 0.727. The Morgan fingerprint density at radius 2 is 2.06 bits per heavy atom. The molecule has 0 N–H and O–H groups in total. The summed E-state index contributed by atoms with van der Waals surface area (Å²) >= 11 is 0.745. The van der Waals surface area contributed by atoms with Crippen molar-refractivity contribution in [3.05, 3.63) is 11.1 Å². The molecule has 96 valence electrons. The largest absolute Gasteiger partial charge is 0.427 e. The van der Waals surface area contributed by atoms with Crippen molar-refractivity contribution in [2.75, 3.05) is 18.0 Å². The van der Waals surface area contributed by atoms with Gasteiger partial charge in [-0.1, -0.05) is 24.7 Å². The number of piperidine rings is 1. The predicted molar refractivity (Wildman–Crippen MR) is 62.3 cm³/mol. The number of alkyl halides is 3. The van der Waals surface area contributed by atoms with Crippen molar-refractivity contribution in [3.8, 4) is 0 Å². The standard InChI is InChI=1S/C11H15F3N2S/c1-2-8-3-5-16(6-4-8)10-15-7-9(17-10)11(12,13)14/h7-8H,2-6H2,1H3. The maximum atomic E-state index is 12.4. The van der Waals surface area contributed by atoms with Crippen molar-refractivity contribution in [1.29, 1.82) is 0 Å². The van der Waals surface area contributed by atoms with Gasteiger partial charge in [0.25, 0.3) is 0 Å². The number of nitrogens with zero attached hydrogens (tertiary/aromatic N) is 2. The molecule has 1 fully saturated rings. The van der Waals surface area contributed by atoms with E-state index in [9.17, 15) is 13.2 Å². The average Bonchev–Trinajstić information content (AvgIpc) is 2.78. The normalized spacial score (nSPS) is 18.7. The lowest BCUT2D eigenvalue weighted by molar-refractivity contribution is -0.134. The van der Waals surface area contributed by atoms with Crippen LogP contribution in [-0.4, -0.2) is 18.1 Å². The van der Waals surface area contributed by atoms with E-state index in [2.05, 4.69) is 11.9 Å². The number of hydrogen-bond donors (Lipinski definition) is 0. The van der Waals surface area contributed by atoms with Crippen LogP contribution in [0.3, 0.4) is 0 Å². The van der Waals surface area contributed by atoms with Crippen molar-refractivity contribution < 1.29 is 13.2 Å². The average molecular weight is 264 g/mol. The predicted octanol–water partition coefficient (Wildman–Crippen LogP) is 3.79. The molecule has 1 aliphatic heterocycles. The first-order chi connectivity index (χ1) is 8.00. The zero-order valence-electron chi connectivity index (χ0n) is 9.63. The summed E-state index contributed by atoms with van der Waals surface area (Å²) in [5, 5.41) is 0.506. The minimum atomic E-state index is -4.27. The highest BCUT2D eigenvalue weighted by atomic mass is 32.1. The number of hydrogen-bond acceptors (Lipinski definition) is 3. The van der Waals surface area contributed by atoms with E-state index in [0.29, 0.717) is 11.0 Å². The fourth-order valence-electron chi connectivity index (χ4n) is 2.07. The lowest BCUT2D eigenvalue weighted by Crippen LogP contribution is -2.33. The third-order valence-electron chi connectivity index (χ3n) is 3.24. The second-order valence-electron chi connectivity index (χ2n) is 4.34. The van der Waals surface area contributed by atoms with Crippen molar-refractivity contribution in [3.63, 3.8) is 0 Å². The minimum absolute atomic E-state index is 0.506. The van der Waals surface area contributed by atoms with Crippen LogP contribution in [0.15, 0.2) is 6.20 Å². The Bertz CT molecular complexity index is 367. The third-order valence-corrected chi connectivity index (χ3v) is 4.34. The molecule has 6 heteroatoms. The molecule has 2 rings (SSSR count). The van der Waals surface area contributed by atoms with Crippen LogP contribution in [0.5, 0.6) is 0 Å². The second-order valence-corrected chi connectivity index (χ2v) is 5.35. The van der Waals surface area contributed by atoms with E-state index < -0.39 is 11.1 Å². The topological polar surface area (TPSA) is 16.1 Å².